The van der Waals surface area contributed by atoms with Crippen LogP contribution in [-0.2, 0) is 11.2 Å². The number of anilines is 3. The molecule has 0 spiro atoms. The first-order valence-corrected chi connectivity index (χ1v) is 15.1. The molecule has 0 aliphatic carbocycles. The highest BCUT2D eigenvalue weighted by Gasteiger charge is 2.33. The number of hydrogen-bond acceptors (Lipinski definition) is 11. The van der Waals surface area contributed by atoms with E-state index < -0.39 is 6.10 Å². The van der Waals surface area contributed by atoms with Crippen molar-refractivity contribution >= 4 is 49.6 Å². The molecule has 0 radical (unpaired) electrons. The van der Waals surface area contributed by atoms with E-state index in [2.05, 4.69) is 15.9 Å². The molecule has 3 aromatic heterocycles. The van der Waals surface area contributed by atoms with Crippen molar-refractivity contribution in [3.8, 4) is 17.3 Å². The average molecular weight is 596 g/mol. The Hall–Kier alpha value is -3.64. The fourth-order valence-corrected chi connectivity index (χ4v) is 7.07. The van der Waals surface area contributed by atoms with Crippen molar-refractivity contribution in [2.24, 2.45) is 0 Å². The van der Waals surface area contributed by atoms with Crippen molar-refractivity contribution < 1.29 is 14.3 Å². The first-order valence-electron chi connectivity index (χ1n) is 13.5. The smallest absolute Gasteiger partial charge is 0.236 e. The maximum atomic E-state index is 13.5. The van der Waals surface area contributed by atoms with Crippen LogP contribution in [0, 0.1) is 17.1 Å². The number of aryl methyl sites for hydroxylation is 1. The number of thiazole rings is 1. The number of rotatable bonds is 8. The predicted molar refractivity (Wildman–Crippen MR) is 156 cm³/mol. The molecule has 214 valence electrons. The number of aliphatic hydroxyl groups excluding tert-OH is 1. The summed E-state index contributed by atoms with van der Waals surface area (Å²) in [5, 5.41) is 25.7. The average Bonchev–Trinajstić information content (AvgIpc) is 3.73. The van der Waals surface area contributed by atoms with Crippen LogP contribution in [0.3, 0.4) is 0 Å². The molecule has 0 bridgehead atoms. The van der Waals surface area contributed by atoms with Crippen LogP contribution in [0.15, 0.2) is 24.3 Å². The topological polar surface area (TPSA) is 117 Å². The zero-order chi connectivity index (χ0) is 28.8. The molecule has 6 rings (SSSR count). The SMILES string of the molecule is CCc1nc2sc(N3CC[C@@H](N(C)CC(=O)N4CC(O)C4)C3)nn2c1N(C)c1nc(-c2ccc(F)cc2)c(C#N)s1. The molecule has 11 nitrogen and oxygen atoms in total. The Morgan fingerprint density at radius 1 is 1.20 bits per heavy atom. The van der Waals surface area contributed by atoms with Gasteiger partial charge in [0.2, 0.25) is 16.0 Å². The van der Waals surface area contributed by atoms with Crippen LogP contribution in [0.4, 0.5) is 20.5 Å². The van der Waals surface area contributed by atoms with E-state index in [1.54, 1.807) is 17.0 Å². The van der Waals surface area contributed by atoms with Crippen LogP contribution < -0.4 is 9.80 Å². The van der Waals surface area contributed by atoms with Crippen molar-refractivity contribution in [3.63, 3.8) is 0 Å². The number of fused-ring (bicyclic) bond motifs is 1. The number of hydrogen-bond donors (Lipinski definition) is 1. The number of amides is 1. The summed E-state index contributed by atoms with van der Waals surface area (Å²) in [5.41, 5.74) is 2.08. The van der Waals surface area contributed by atoms with Gasteiger partial charge in [-0.25, -0.2) is 14.4 Å². The summed E-state index contributed by atoms with van der Waals surface area (Å²) in [5.74, 6) is 0.502. The molecule has 14 heteroatoms. The van der Waals surface area contributed by atoms with Crippen molar-refractivity contribution in [2.45, 2.75) is 31.9 Å². The summed E-state index contributed by atoms with van der Waals surface area (Å²) in [7, 11) is 3.87. The number of benzene rings is 1. The molecule has 2 fully saturated rings. The third kappa shape index (κ3) is 5.14. The number of likely N-dealkylation sites (N-methyl/N-ethyl adjacent to an activating group) is 1. The van der Waals surface area contributed by atoms with Gasteiger partial charge in [0.05, 0.1) is 18.3 Å². The summed E-state index contributed by atoms with van der Waals surface area (Å²) < 4.78 is 15.3. The monoisotopic (exact) mass is 595 g/mol. The van der Waals surface area contributed by atoms with Crippen molar-refractivity contribution in [3.05, 3.63) is 40.7 Å². The highest BCUT2D eigenvalue weighted by molar-refractivity contribution is 7.20. The molecule has 2 aliphatic heterocycles. The minimum absolute atomic E-state index is 0.0491. The molecule has 41 heavy (non-hydrogen) atoms. The Morgan fingerprint density at radius 2 is 1.95 bits per heavy atom. The van der Waals surface area contributed by atoms with E-state index in [-0.39, 0.29) is 17.8 Å². The number of β-amino-alcohol motifs (C(OH)–C–C–N with tert-alkyl or cyclic N) is 1. The molecule has 1 amide bonds. The number of nitrogens with zero attached hydrogens (tertiary/aromatic N) is 9. The van der Waals surface area contributed by atoms with Gasteiger partial charge in [0.15, 0.2) is 10.9 Å². The second kappa shape index (κ2) is 11.0. The lowest BCUT2D eigenvalue weighted by Gasteiger charge is -2.37. The number of halogens is 1. The summed E-state index contributed by atoms with van der Waals surface area (Å²) >= 11 is 2.80. The molecule has 1 N–H and O–H groups in total. The van der Waals surface area contributed by atoms with Crippen LogP contribution in [0.5, 0.6) is 0 Å². The Bertz CT molecular complexity index is 1620. The van der Waals surface area contributed by atoms with Gasteiger partial charge in [-0.3, -0.25) is 9.69 Å². The second-order valence-electron chi connectivity index (χ2n) is 10.4. The van der Waals surface area contributed by atoms with E-state index in [9.17, 15) is 19.6 Å². The van der Waals surface area contributed by atoms with Gasteiger partial charge in [-0.1, -0.05) is 29.6 Å². The molecule has 0 saturated carbocycles. The third-order valence-electron chi connectivity index (χ3n) is 7.67. The van der Waals surface area contributed by atoms with Crippen LogP contribution in [0.25, 0.3) is 16.2 Å². The normalized spacial score (nSPS) is 17.4. The van der Waals surface area contributed by atoms with Crippen molar-refractivity contribution in [1.29, 1.82) is 5.26 Å². The molecule has 5 heterocycles. The lowest BCUT2D eigenvalue weighted by Crippen LogP contribution is -2.56. The molecule has 1 atom stereocenters. The second-order valence-corrected chi connectivity index (χ2v) is 12.3. The quantitative estimate of drug-likeness (QED) is 0.328. The maximum Gasteiger partial charge on any atom is 0.236 e. The van der Waals surface area contributed by atoms with E-state index in [0.717, 1.165) is 41.1 Å². The highest BCUT2D eigenvalue weighted by atomic mass is 32.1. The zero-order valence-corrected chi connectivity index (χ0v) is 24.6. The molecular formula is C27H30FN9O2S2. The highest BCUT2D eigenvalue weighted by Crippen LogP contribution is 2.38. The van der Waals surface area contributed by atoms with Crippen LogP contribution >= 0.6 is 22.7 Å². The Balaban J connectivity index is 1.22. The fraction of sp³-hybridized carbons (Fsp3) is 0.444. The van der Waals surface area contributed by atoms with E-state index in [1.165, 1.54) is 34.8 Å². The number of imidazole rings is 1. The van der Waals surface area contributed by atoms with E-state index >= 15 is 0 Å². The first-order chi connectivity index (χ1) is 19.7. The minimum atomic E-state index is -0.395. The standard InChI is InChI=1S/C27H30FN9O2S2/c1-4-20-24(34(3)25-31-23(21(11-29)40-25)16-5-7-17(28)8-6-16)37-26(30-20)41-27(32-37)35-10-9-18(12-35)33(2)15-22(39)36-13-19(38)14-36/h5-8,18-19,38H,4,9-10,12-15H2,1-3H3/t18-/m1/s1. The Labute approximate surface area is 244 Å². The minimum Gasteiger partial charge on any atom is -0.389 e. The van der Waals surface area contributed by atoms with E-state index in [0.29, 0.717) is 47.3 Å². The van der Waals surface area contributed by atoms with Gasteiger partial charge in [0.1, 0.15) is 22.5 Å². The van der Waals surface area contributed by atoms with Crippen LogP contribution in [0.2, 0.25) is 0 Å². The molecule has 2 saturated heterocycles. The Morgan fingerprint density at radius 3 is 2.63 bits per heavy atom. The number of carbonyl (C=O) groups is 1. The lowest BCUT2D eigenvalue weighted by molar-refractivity contribution is -0.142. The van der Waals surface area contributed by atoms with Gasteiger partial charge < -0.3 is 19.8 Å². The van der Waals surface area contributed by atoms with Gasteiger partial charge in [-0.2, -0.15) is 9.78 Å². The van der Waals surface area contributed by atoms with Gasteiger partial charge in [-0.05, 0) is 44.2 Å². The summed E-state index contributed by atoms with van der Waals surface area (Å²) in [6, 6.07) is 8.43. The molecule has 0 unspecified atom stereocenters. The van der Waals surface area contributed by atoms with Crippen LogP contribution in [-0.4, -0.2) is 99.4 Å². The van der Waals surface area contributed by atoms with E-state index in [1.807, 2.05) is 30.4 Å². The van der Waals surface area contributed by atoms with Gasteiger partial charge in [-0.15, -0.1) is 5.10 Å². The molecule has 2 aliphatic rings. The van der Waals surface area contributed by atoms with Crippen molar-refractivity contribution in [2.75, 3.05) is 56.6 Å². The number of likely N-dealkylation sites (tertiary alicyclic amines) is 1. The zero-order valence-electron chi connectivity index (χ0n) is 23.0. The number of aliphatic hydroxyl groups is 1. The number of nitriles is 1. The molecule has 1 aromatic carbocycles. The van der Waals surface area contributed by atoms with Gasteiger partial charge in [0, 0.05) is 44.8 Å². The Kier molecular flexibility index (Phi) is 7.37. The van der Waals surface area contributed by atoms with Crippen molar-refractivity contribution in [1.82, 2.24) is 29.4 Å². The number of carbonyl (C=O) groups excluding carboxylic acids is 1. The first kappa shape index (κ1) is 27.5. The predicted octanol–water partition coefficient (Wildman–Crippen LogP) is 2.97. The molecular weight excluding hydrogens is 565 g/mol. The summed E-state index contributed by atoms with van der Waals surface area (Å²) in [4.78, 5) is 31.3. The molecule has 4 aromatic rings. The summed E-state index contributed by atoms with van der Waals surface area (Å²) in [6.07, 6.45) is 1.22. The maximum absolute atomic E-state index is 13.5. The lowest BCUT2D eigenvalue weighted by atomic mass is 10.1. The largest absolute Gasteiger partial charge is 0.389 e. The fourth-order valence-electron chi connectivity index (χ4n) is 5.27. The third-order valence-corrected chi connectivity index (χ3v) is 9.68. The summed E-state index contributed by atoms with van der Waals surface area (Å²) in [6.45, 7) is 4.80. The van der Waals surface area contributed by atoms with Gasteiger partial charge >= 0.3 is 0 Å². The van der Waals surface area contributed by atoms with Gasteiger partial charge in [0.25, 0.3) is 0 Å². The number of aromatic nitrogens is 4. The van der Waals surface area contributed by atoms with E-state index in [4.69, 9.17) is 15.1 Å². The van der Waals surface area contributed by atoms with Crippen LogP contribution in [0.1, 0.15) is 23.9 Å².